The summed E-state index contributed by atoms with van der Waals surface area (Å²) < 4.78 is 22.7. The smallest absolute Gasteiger partial charge is 0.220 e. The Labute approximate surface area is 450 Å². The largest absolute Gasteiger partial charge is 0.394 e. The Bertz CT molecular complexity index is 1290. The number of unbranched alkanes of at least 4 members (excludes halogenated alkanes) is 37. The lowest BCUT2D eigenvalue weighted by Gasteiger charge is -2.46. The van der Waals surface area contributed by atoms with E-state index in [-0.39, 0.29) is 18.9 Å². The molecule has 2 heterocycles. The molecule has 1 amide bonds. The van der Waals surface area contributed by atoms with Gasteiger partial charge in [-0.05, 0) is 19.3 Å². The van der Waals surface area contributed by atoms with Crippen LogP contribution in [0.5, 0.6) is 0 Å². The summed E-state index contributed by atoms with van der Waals surface area (Å²) in [5, 5.41) is 86.9. The Morgan fingerprint density at radius 2 is 0.838 bits per heavy atom. The predicted octanol–water partition coefficient (Wildman–Crippen LogP) is 10.7. The van der Waals surface area contributed by atoms with Crippen LogP contribution in [0.4, 0.5) is 0 Å². The van der Waals surface area contributed by atoms with Crippen LogP contribution in [0.1, 0.15) is 271 Å². The molecule has 0 spiro atoms. The maximum Gasteiger partial charge on any atom is 0.220 e. The molecule has 2 aliphatic heterocycles. The molecule has 0 aromatic rings. The summed E-state index contributed by atoms with van der Waals surface area (Å²) in [5.41, 5.74) is 0. The van der Waals surface area contributed by atoms with Crippen LogP contribution >= 0.6 is 0 Å². The number of allylic oxidation sites excluding steroid dienone is 1. The molecule has 2 saturated heterocycles. The normalized spacial score (nSPS) is 25.2. The monoisotopic (exact) mass is 1060 g/mol. The summed E-state index contributed by atoms with van der Waals surface area (Å²) in [6, 6.07) is -0.908. The van der Waals surface area contributed by atoms with Gasteiger partial charge in [-0.15, -0.1) is 0 Å². The molecule has 0 radical (unpaired) electrons. The van der Waals surface area contributed by atoms with Crippen LogP contribution in [0.15, 0.2) is 12.2 Å². The molecule has 0 aliphatic carbocycles. The van der Waals surface area contributed by atoms with Gasteiger partial charge < -0.3 is 65.1 Å². The average molecular weight is 1060 g/mol. The van der Waals surface area contributed by atoms with E-state index in [1.54, 1.807) is 6.08 Å². The first-order valence-electron chi connectivity index (χ1n) is 30.9. The van der Waals surface area contributed by atoms with Gasteiger partial charge in [-0.1, -0.05) is 257 Å². The van der Waals surface area contributed by atoms with Gasteiger partial charge in [0.1, 0.15) is 48.8 Å². The molecule has 2 aliphatic rings. The second kappa shape index (κ2) is 46.6. The first-order chi connectivity index (χ1) is 36.1. The zero-order chi connectivity index (χ0) is 53.9. The van der Waals surface area contributed by atoms with Crippen molar-refractivity contribution in [3.8, 4) is 0 Å². The third kappa shape index (κ3) is 32.0. The standard InChI is InChI=1S/C60H115NO13/c1-3-5-7-9-11-13-15-16-17-18-19-20-21-22-23-24-25-26-27-28-29-30-31-32-33-34-36-38-40-42-44-52(65)61-48(49(64)43-41-39-37-35-14-12-10-8-6-4-2)47-71-59-57(70)55(68)58(51(46-63)73-59)74-60-56(69)54(67)53(66)50(45-62)72-60/h41,43,48-51,53-60,62-64,66-70H,3-40,42,44-47H2,1-2H3,(H,61,65)/b43-41+. The van der Waals surface area contributed by atoms with Crippen LogP contribution in [-0.4, -0.2) is 140 Å². The summed E-state index contributed by atoms with van der Waals surface area (Å²) in [4.78, 5) is 13.2. The van der Waals surface area contributed by atoms with Crippen LogP contribution in [0.3, 0.4) is 0 Å². The highest BCUT2D eigenvalue weighted by Gasteiger charge is 2.51. The van der Waals surface area contributed by atoms with Gasteiger partial charge in [-0.3, -0.25) is 4.79 Å². The highest BCUT2D eigenvalue weighted by molar-refractivity contribution is 5.76. The van der Waals surface area contributed by atoms with E-state index >= 15 is 0 Å². The van der Waals surface area contributed by atoms with Crippen molar-refractivity contribution in [1.82, 2.24) is 5.32 Å². The number of rotatable bonds is 50. The highest BCUT2D eigenvalue weighted by atomic mass is 16.7. The predicted molar refractivity (Wildman–Crippen MR) is 295 cm³/mol. The van der Waals surface area contributed by atoms with Crippen molar-refractivity contribution in [3.05, 3.63) is 12.2 Å². The minimum atomic E-state index is -1.78. The third-order valence-electron chi connectivity index (χ3n) is 15.5. The number of carbonyl (C=O) groups excluding carboxylic acids is 1. The first-order valence-corrected chi connectivity index (χ1v) is 30.9. The number of ether oxygens (including phenoxy) is 4. The molecule has 9 N–H and O–H groups in total. The summed E-state index contributed by atoms with van der Waals surface area (Å²) in [6.07, 6.45) is 37.2. The van der Waals surface area contributed by atoms with Crippen molar-refractivity contribution in [2.45, 2.75) is 344 Å². The number of carbonyl (C=O) groups is 1. The molecular weight excluding hydrogens is 943 g/mol. The molecule has 74 heavy (non-hydrogen) atoms. The van der Waals surface area contributed by atoms with E-state index in [1.807, 2.05) is 6.08 Å². The van der Waals surface area contributed by atoms with Crippen LogP contribution < -0.4 is 5.32 Å². The van der Waals surface area contributed by atoms with E-state index in [9.17, 15) is 45.6 Å². The molecule has 0 saturated carbocycles. The van der Waals surface area contributed by atoms with E-state index in [0.29, 0.717) is 6.42 Å². The second-order valence-corrected chi connectivity index (χ2v) is 22.2. The van der Waals surface area contributed by atoms with Crippen molar-refractivity contribution < 1.29 is 64.6 Å². The number of nitrogens with one attached hydrogen (secondary N) is 1. The molecule has 2 rings (SSSR count). The summed E-state index contributed by atoms with van der Waals surface area (Å²) >= 11 is 0. The van der Waals surface area contributed by atoms with Crippen molar-refractivity contribution in [2.75, 3.05) is 19.8 Å². The van der Waals surface area contributed by atoms with E-state index < -0.39 is 86.8 Å². The molecule has 438 valence electrons. The molecule has 12 atom stereocenters. The van der Waals surface area contributed by atoms with Gasteiger partial charge in [0.25, 0.3) is 0 Å². The van der Waals surface area contributed by atoms with Gasteiger partial charge in [0.15, 0.2) is 12.6 Å². The first kappa shape index (κ1) is 68.8. The Balaban J connectivity index is 1.62. The molecule has 0 aromatic carbocycles. The van der Waals surface area contributed by atoms with Crippen LogP contribution in [0.25, 0.3) is 0 Å². The number of hydrogen-bond acceptors (Lipinski definition) is 13. The fourth-order valence-corrected chi connectivity index (χ4v) is 10.5. The molecule has 14 nitrogen and oxygen atoms in total. The lowest BCUT2D eigenvalue weighted by atomic mass is 9.97. The van der Waals surface area contributed by atoms with Gasteiger partial charge in [-0.25, -0.2) is 0 Å². The quantitative estimate of drug-likeness (QED) is 0.0204. The van der Waals surface area contributed by atoms with E-state index in [0.717, 1.165) is 38.5 Å². The fourth-order valence-electron chi connectivity index (χ4n) is 10.5. The second-order valence-electron chi connectivity index (χ2n) is 22.2. The van der Waals surface area contributed by atoms with Crippen LogP contribution in [0.2, 0.25) is 0 Å². The van der Waals surface area contributed by atoms with Crippen LogP contribution in [0, 0.1) is 0 Å². The van der Waals surface area contributed by atoms with Gasteiger partial charge in [0, 0.05) is 6.42 Å². The third-order valence-corrected chi connectivity index (χ3v) is 15.5. The van der Waals surface area contributed by atoms with Gasteiger partial charge >= 0.3 is 0 Å². The molecule has 12 unspecified atom stereocenters. The SMILES string of the molecule is CCCCCCCCCC/C=C/C(O)C(COC1OC(CO)C(OC2OC(CO)C(O)C(O)C2O)C(O)C1O)NC(=O)CCCCCCCCCCCCCCCCCCCCCCCCCCCCCCCC. The molecular formula is C60H115NO13. The Morgan fingerprint density at radius 1 is 0.473 bits per heavy atom. The van der Waals surface area contributed by atoms with Crippen molar-refractivity contribution >= 4 is 5.91 Å². The lowest BCUT2D eigenvalue weighted by Crippen LogP contribution is -2.65. The van der Waals surface area contributed by atoms with Gasteiger partial charge in [-0.2, -0.15) is 0 Å². The fraction of sp³-hybridized carbons (Fsp3) is 0.950. The van der Waals surface area contributed by atoms with E-state index in [2.05, 4.69) is 19.2 Å². The van der Waals surface area contributed by atoms with Crippen molar-refractivity contribution in [1.29, 1.82) is 0 Å². The number of amides is 1. The Kier molecular flexibility index (Phi) is 43.4. The van der Waals surface area contributed by atoms with E-state index in [4.69, 9.17) is 18.9 Å². The minimum Gasteiger partial charge on any atom is -0.394 e. The maximum atomic E-state index is 13.2. The van der Waals surface area contributed by atoms with E-state index in [1.165, 1.54) is 205 Å². The molecule has 0 aromatic heterocycles. The Morgan fingerprint density at radius 3 is 1.24 bits per heavy atom. The molecule has 0 bridgehead atoms. The Hall–Kier alpha value is -1.27. The minimum absolute atomic E-state index is 0.235. The zero-order valence-corrected chi connectivity index (χ0v) is 47.1. The van der Waals surface area contributed by atoms with Gasteiger partial charge in [0.2, 0.25) is 5.91 Å². The summed E-state index contributed by atoms with van der Waals surface area (Å²) in [6.45, 7) is 2.80. The lowest BCUT2D eigenvalue weighted by molar-refractivity contribution is -0.359. The topological polar surface area (TPSA) is 228 Å². The number of aliphatic hydroxyl groups excluding tert-OH is 8. The average Bonchev–Trinajstić information content (AvgIpc) is 3.40. The molecule has 2 fully saturated rings. The summed E-state index contributed by atoms with van der Waals surface area (Å²) in [7, 11) is 0. The molecule has 14 heteroatoms. The van der Waals surface area contributed by atoms with Crippen molar-refractivity contribution in [2.24, 2.45) is 0 Å². The zero-order valence-electron chi connectivity index (χ0n) is 47.1. The van der Waals surface area contributed by atoms with Gasteiger partial charge in [0.05, 0.1) is 32.0 Å². The summed E-state index contributed by atoms with van der Waals surface area (Å²) in [5.74, 6) is -0.235. The van der Waals surface area contributed by atoms with Crippen LogP contribution in [-0.2, 0) is 23.7 Å². The number of hydrogen-bond donors (Lipinski definition) is 9. The highest BCUT2D eigenvalue weighted by Crippen LogP contribution is 2.30. The van der Waals surface area contributed by atoms with Crippen molar-refractivity contribution in [3.63, 3.8) is 0 Å². The maximum absolute atomic E-state index is 13.2. The number of aliphatic hydroxyl groups is 8.